The van der Waals surface area contributed by atoms with Crippen molar-refractivity contribution in [3.05, 3.63) is 47.1 Å². The van der Waals surface area contributed by atoms with E-state index in [0.717, 1.165) is 40.3 Å². The van der Waals surface area contributed by atoms with Gasteiger partial charge in [0.15, 0.2) is 0 Å². The zero-order valence-electron chi connectivity index (χ0n) is 17.8. The predicted molar refractivity (Wildman–Crippen MR) is 124 cm³/mol. The van der Waals surface area contributed by atoms with Gasteiger partial charge in [-0.15, -0.1) is 11.3 Å². The number of aliphatic hydroxyl groups is 1. The van der Waals surface area contributed by atoms with E-state index in [1.165, 1.54) is 0 Å². The lowest BCUT2D eigenvalue weighted by molar-refractivity contribution is -0.117. The van der Waals surface area contributed by atoms with Crippen LogP contribution in [0.15, 0.2) is 36.0 Å². The molecule has 2 aromatic heterocycles. The van der Waals surface area contributed by atoms with Gasteiger partial charge in [-0.25, -0.2) is 9.97 Å². The van der Waals surface area contributed by atoms with Crippen LogP contribution >= 0.6 is 11.3 Å². The van der Waals surface area contributed by atoms with Gasteiger partial charge in [-0.2, -0.15) is 0 Å². The number of piperazine rings is 1. The average molecular weight is 441 g/mol. The Hall–Kier alpha value is -2.59. The number of aromatic nitrogens is 2. The van der Waals surface area contributed by atoms with Crippen LogP contribution in [-0.2, 0) is 17.9 Å². The van der Waals surface area contributed by atoms with Crippen molar-refractivity contribution in [2.24, 2.45) is 5.73 Å². The third-order valence-corrected chi connectivity index (χ3v) is 6.59. The summed E-state index contributed by atoms with van der Waals surface area (Å²) in [6, 6.07) is 7.93. The number of hydrogen-bond donors (Lipinski definition) is 3. The van der Waals surface area contributed by atoms with Crippen molar-refractivity contribution < 1.29 is 9.90 Å². The Kier molecular flexibility index (Phi) is 6.47. The lowest BCUT2D eigenvalue weighted by atomic mass is 10.1. The molecule has 1 amide bonds. The molecule has 4 rings (SSSR count). The SMILES string of the molecule is CC1CN(CC(=O)Nc2cccc(CO)c2CN)CC(C)N1c1ncnc2sccc12. The largest absolute Gasteiger partial charge is 0.392 e. The zero-order chi connectivity index (χ0) is 22.0. The molecular formula is C22H28N6O2S. The zero-order valence-corrected chi connectivity index (χ0v) is 18.6. The number of carbonyl (C=O) groups excluding carboxylic acids is 1. The lowest BCUT2D eigenvalue weighted by Gasteiger charge is -2.45. The van der Waals surface area contributed by atoms with Gasteiger partial charge in [-0.05, 0) is 42.5 Å². The van der Waals surface area contributed by atoms with E-state index in [1.54, 1.807) is 17.7 Å². The van der Waals surface area contributed by atoms with E-state index in [2.05, 4.69) is 45.0 Å². The Morgan fingerprint density at radius 3 is 2.74 bits per heavy atom. The molecule has 2 atom stereocenters. The number of rotatable bonds is 6. The molecule has 1 aromatic carbocycles. The minimum Gasteiger partial charge on any atom is -0.392 e. The third-order valence-electron chi connectivity index (χ3n) is 5.77. The lowest BCUT2D eigenvalue weighted by Crippen LogP contribution is -2.58. The van der Waals surface area contributed by atoms with Crippen LogP contribution in [0.1, 0.15) is 25.0 Å². The molecule has 164 valence electrons. The molecule has 0 spiro atoms. The molecule has 9 heteroatoms. The summed E-state index contributed by atoms with van der Waals surface area (Å²) in [5.41, 5.74) is 8.01. The van der Waals surface area contributed by atoms with Gasteiger partial charge in [0.25, 0.3) is 0 Å². The third kappa shape index (κ3) is 4.40. The van der Waals surface area contributed by atoms with Crippen LogP contribution in [0.5, 0.6) is 0 Å². The van der Waals surface area contributed by atoms with Gasteiger partial charge in [-0.1, -0.05) is 12.1 Å². The predicted octanol–water partition coefficient (Wildman–Crippen LogP) is 2.18. The molecule has 0 bridgehead atoms. The number of anilines is 2. The fourth-order valence-electron chi connectivity index (χ4n) is 4.50. The van der Waals surface area contributed by atoms with E-state index in [-0.39, 0.29) is 31.1 Å². The summed E-state index contributed by atoms with van der Waals surface area (Å²) in [6.07, 6.45) is 1.63. The Morgan fingerprint density at radius 1 is 1.26 bits per heavy atom. The van der Waals surface area contributed by atoms with Crippen LogP contribution in [0.25, 0.3) is 10.2 Å². The van der Waals surface area contributed by atoms with Crippen LogP contribution in [0.3, 0.4) is 0 Å². The van der Waals surface area contributed by atoms with Crippen molar-refractivity contribution in [3.63, 3.8) is 0 Å². The number of fused-ring (bicyclic) bond motifs is 1. The molecule has 0 saturated carbocycles. The summed E-state index contributed by atoms with van der Waals surface area (Å²) in [4.78, 5) is 27.2. The monoisotopic (exact) mass is 440 g/mol. The summed E-state index contributed by atoms with van der Waals surface area (Å²) in [6.45, 7) is 6.30. The van der Waals surface area contributed by atoms with Gasteiger partial charge in [0.2, 0.25) is 5.91 Å². The van der Waals surface area contributed by atoms with Gasteiger partial charge in [0, 0.05) is 37.4 Å². The number of aliphatic hydroxyl groups excluding tert-OH is 1. The molecule has 1 fully saturated rings. The molecule has 4 N–H and O–H groups in total. The Morgan fingerprint density at radius 2 is 2.03 bits per heavy atom. The molecule has 1 aliphatic rings. The molecule has 1 saturated heterocycles. The highest BCUT2D eigenvalue weighted by molar-refractivity contribution is 7.16. The van der Waals surface area contributed by atoms with Gasteiger partial charge in [0.05, 0.1) is 18.5 Å². The van der Waals surface area contributed by atoms with Gasteiger partial charge < -0.3 is 21.1 Å². The van der Waals surface area contributed by atoms with Crippen molar-refractivity contribution in [1.29, 1.82) is 0 Å². The van der Waals surface area contributed by atoms with Gasteiger partial charge in [-0.3, -0.25) is 9.69 Å². The van der Waals surface area contributed by atoms with Crippen molar-refractivity contribution in [3.8, 4) is 0 Å². The molecule has 0 radical (unpaired) electrons. The number of nitrogens with one attached hydrogen (secondary N) is 1. The molecule has 3 aromatic rings. The average Bonchev–Trinajstić information content (AvgIpc) is 3.22. The van der Waals surface area contributed by atoms with Crippen LogP contribution in [0.4, 0.5) is 11.5 Å². The minimum atomic E-state index is -0.103. The number of nitrogens with zero attached hydrogens (tertiary/aromatic N) is 4. The molecule has 8 nitrogen and oxygen atoms in total. The first kappa shape index (κ1) is 21.6. The standard InChI is InChI=1S/C22H28N6O2S/c1-14-9-27(11-20(30)26-19-5-3-4-16(12-29)18(19)8-23)10-15(2)28(14)21-17-6-7-31-22(17)25-13-24-21/h3-7,13-15,29H,8-12,23H2,1-2H3,(H,26,30). The molecule has 2 unspecified atom stereocenters. The van der Waals surface area contributed by atoms with Crippen LogP contribution in [0.2, 0.25) is 0 Å². The van der Waals surface area contributed by atoms with E-state index in [4.69, 9.17) is 5.73 Å². The molecule has 0 aliphatic carbocycles. The van der Waals surface area contributed by atoms with Gasteiger partial charge >= 0.3 is 0 Å². The van der Waals surface area contributed by atoms with Crippen LogP contribution < -0.4 is 16.0 Å². The van der Waals surface area contributed by atoms with E-state index < -0.39 is 0 Å². The first-order valence-electron chi connectivity index (χ1n) is 10.4. The number of hydrogen-bond acceptors (Lipinski definition) is 8. The van der Waals surface area contributed by atoms with Crippen LogP contribution in [0, 0.1) is 0 Å². The maximum atomic E-state index is 12.8. The summed E-state index contributed by atoms with van der Waals surface area (Å²) in [7, 11) is 0. The van der Waals surface area contributed by atoms with E-state index in [1.807, 2.05) is 23.6 Å². The number of amides is 1. The van der Waals surface area contributed by atoms with Crippen molar-refractivity contribution >= 4 is 39.0 Å². The second-order valence-corrected chi connectivity index (χ2v) is 8.88. The van der Waals surface area contributed by atoms with E-state index in [0.29, 0.717) is 12.2 Å². The summed E-state index contributed by atoms with van der Waals surface area (Å²) >= 11 is 1.62. The van der Waals surface area contributed by atoms with E-state index in [9.17, 15) is 9.90 Å². The number of thiophene rings is 1. The first-order chi connectivity index (χ1) is 15.0. The topological polar surface area (TPSA) is 108 Å². The molecule has 31 heavy (non-hydrogen) atoms. The highest BCUT2D eigenvalue weighted by Gasteiger charge is 2.32. The van der Waals surface area contributed by atoms with Crippen LogP contribution in [-0.4, -0.2) is 57.6 Å². The van der Waals surface area contributed by atoms with E-state index >= 15 is 0 Å². The summed E-state index contributed by atoms with van der Waals surface area (Å²) in [5, 5.41) is 15.6. The molecule has 3 heterocycles. The highest BCUT2D eigenvalue weighted by Crippen LogP contribution is 2.31. The Bertz CT molecular complexity index is 1060. The van der Waals surface area contributed by atoms with Crippen molar-refractivity contribution in [1.82, 2.24) is 14.9 Å². The maximum absolute atomic E-state index is 12.8. The van der Waals surface area contributed by atoms with Gasteiger partial charge in [0.1, 0.15) is 17.0 Å². The Balaban J connectivity index is 1.44. The quantitative estimate of drug-likeness (QED) is 0.539. The fraction of sp³-hybridized carbons (Fsp3) is 0.409. The minimum absolute atomic E-state index is 0.0834. The second-order valence-electron chi connectivity index (χ2n) is 7.99. The number of carbonyl (C=O) groups is 1. The number of benzene rings is 1. The summed E-state index contributed by atoms with van der Waals surface area (Å²) in [5.74, 6) is 0.878. The van der Waals surface area contributed by atoms with Crippen molar-refractivity contribution in [2.45, 2.75) is 39.1 Å². The normalized spacial score (nSPS) is 19.7. The molecule has 1 aliphatic heterocycles. The number of nitrogens with two attached hydrogens (primary N) is 1. The molecular weight excluding hydrogens is 412 g/mol. The Labute approximate surface area is 185 Å². The smallest absolute Gasteiger partial charge is 0.238 e. The maximum Gasteiger partial charge on any atom is 0.238 e. The first-order valence-corrected chi connectivity index (χ1v) is 11.3. The van der Waals surface area contributed by atoms with Crippen molar-refractivity contribution in [2.75, 3.05) is 29.9 Å². The fourth-order valence-corrected chi connectivity index (χ4v) is 5.22. The second kappa shape index (κ2) is 9.27. The summed E-state index contributed by atoms with van der Waals surface area (Å²) < 4.78 is 0. The highest BCUT2D eigenvalue weighted by atomic mass is 32.1.